The molecule has 2 aliphatic heterocycles. The van der Waals surface area contributed by atoms with Gasteiger partial charge in [0.1, 0.15) is 57.4 Å². The van der Waals surface area contributed by atoms with Crippen molar-refractivity contribution >= 4 is 11.7 Å². The number of quaternary nitrogens is 2. The summed E-state index contributed by atoms with van der Waals surface area (Å²) in [6, 6.07) is 10.8. The van der Waals surface area contributed by atoms with Gasteiger partial charge in [-0.3, -0.25) is 9.69 Å². The fourth-order valence-electron chi connectivity index (χ4n) is 4.57. The van der Waals surface area contributed by atoms with Crippen LogP contribution in [0.4, 0.5) is 10.2 Å². The van der Waals surface area contributed by atoms with E-state index in [1.165, 1.54) is 15.9 Å². The summed E-state index contributed by atoms with van der Waals surface area (Å²) >= 11 is 0. The SMILES string of the molecule is COc1ccc(F)cc1C[NH+]1CC[NH+](CC(=O)N2CCN(c3cccc[nH+]3)CC2)CC1. The topological polar surface area (TPSA) is 55.8 Å². The van der Waals surface area contributed by atoms with Crippen molar-refractivity contribution in [2.75, 3.05) is 70.9 Å². The van der Waals surface area contributed by atoms with Gasteiger partial charge in [-0.05, 0) is 24.3 Å². The van der Waals surface area contributed by atoms with E-state index in [-0.39, 0.29) is 11.7 Å². The summed E-state index contributed by atoms with van der Waals surface area (Å²) in [6.45, 7) is 8.42. The number of amides is 1. The maximum atomic E-state index is 13.6. The molecule has 0 aliphatic carbocycles. The lowest BCUT2D eigenvalue weighted by molar-refractivity contribution is -1.02. The number of aromatic amines is 1. The zero-order valence-corrected chi connectivity index (χ0v) is 18.2. The summed E-state index contributed by atoms with van der Waals surface area (Å²) in [6.07, 6.45) is 1.93. The Morgan fingerprint density at radius 2 is 1.81 bits per heavy atom. The van der Waals surface area contributed by atoms with Crippen molar-refractivity contribution in [2.45, 2.75) is 6.54 Å². The van der Waals surface area contributed by atoms with Gasteiger partial charge in [-0.1, -0.05) is 6.07 Å². The van der Waals surface area contributed by atoms with Crippen molar-refractivity contribution in [3.8, 4) is 5.75 Å². The first-order valence-corrected chi connectivity index (χ1v) is 11.1. The molecule has 0 saturated carbocycles. The monoisotopic (exact) mass is 430 g/mol. The molecule has 0 radical (unpaired) electrons. The fourth-order valence-corrected chi connectivity index (χ4v) is 4.57. The standard InChI is InChI=1S/C23H30FN5O2/c1-31-21-6-5-20(24)16-19(21)17-26-8-10-27(11-9-26)18-23(30)29-14-12-28(13-15-29)22-4-2-3-7-25-22/h2-7,16H,8-15,17-18H2,1H3/p+3. The Balaban J connectivity index is 1.21. The summed E-state index contributed by atoms with van der Waals surface area (Å²) < 4.78 is 19.0. The van der Waals surface area contributed by atoms with E-state index in [2.05, 4.69) is 16.0 Å². The molecule has 3 heterocycles. The average molecular weight is 431 g/mol. The Hall–Kier alpha value is -2.71. The molecule has 0 unspecified atom stereocenters. The Morgan fingerprint density at radius 3 is 2.48 bits per heavy atom. The van der Waals surface area contributed by atoms with E-state index in [0.717, 1.165) is 76.0 Å². The molecule has 2 aromatic rings. The summed E-state index contributed by atoms with van der Waals surface area (Å²) in [5, 5.41) is 0. The zero-order chi connectivity index (χ0) is 21.6. The van der Waals surface area contributed by atoms with Gasteiger partial charge in [0.15, 0.2) is 6.54 Å². The quantitative estimate of drug-likeness (QED) is 0.574. The van der Waals surface area contributed by atoms with Crippen LogP contribution in [0.1, 0.15) is 5.56 Å². The maximum Gasteiger partial charge on any atom is 0.278 e. The molecule has 8 heteroatoms. The average Bonchev–Trinajstić information content (AvgIpc) is 2.81. The molecule has 1 amide bonds. The van der Waals surface area contributed by atoms with Gasteiger partial charge in [0.25, 0.3) is 11.7 Å². The third-order valence-electron chi connectivity index (χ3n) is 6.41. The van der Waals surface area contributed by atoms with Crippen LogP contribution in [0.2, 0.25) is 0 Å². The van der Waals surface area contributed by atoms with E-state index in [4.69, 9.17) is 4.74 Å². The summed E-state index contributed by atoms with van der Waals surface area (Å²) in [5.41, 5.74) is 0.908. The molecule has 31 heavy (non-hydrogen) atoms. The van der Waals surface area contributed by atoms with Crippen LogP contribution in [0.25, 0.3) is 0 Å². The third-order valence-corrected chi connectivity index (χ3v) is 6.41. The number of halogens is 1. The number of hydrogen-bond donors (Lipinski definition) is 2. The van der Waals surface area contributed by atoms with Gasteiger partial charge >= 0.3 is 0 Å². The molecule has 1 aromatic carbocycles. The number of nitrogens with one attached hydrogen (secondary N) is 3. The van der Waals surface area contributed by atoms with Crippen LogP contribution in [0.5, 0.6) is 5.75 Å². The molecule has 1 aromatic heterocycles. The highest BCUT2D eigenvalue weighted by atomic mass is 19.1. The highest BCUT2D eigenvalue weighted by molar-refractivity contribution is 5.77. The minimum absolute atomic E-state index is 0.227. The lowest BCUT2D eigenvalue weighted by atomic mass is 10.1. The number of carbonyl (C=O) groups is 1. The Bertz CT molecular complexity index is 866. The smallest absolute Gasteiger partial charge is 0.278 e. The predicted octanol–water partition coefficient (Wildman–Crippen LogP) is -1.72. The van der Waals surface area contributed by atoms with E-state index in [1.54, 1.807) is 19.2 Å². The second-order valence-corrected chi connectivity index (χ2v) is 8.43. The largest absolute Gasteiger partial charge is 0.496 e. The van der Waals surface area contributed by atoms with Gasteiger partial charge in [-0.25, -0.2) is 9.37 Å². The molecule has 7 nitrogen and oxygen atoms in total. The number of benzene rings is 1. The molecule has 0 spiro atoms. The molecule has 2 saturated heterocycles. The number of ether oxygens (including phenoxy) is 1. The number of carbonyl (C=O) groups excluding carboxylic acids is 1. The molecule has 0 atom stereocenters. The van der Waals surface area contributed by atoms with Crippen molar-refractivity contribution < 1.29 is 28.7 Å². The summed E-state index contributed by atoms with van der Waals surface area (Å²) in [5.74, 6) is 1.87. The number of H-pyrrole nitrogens is 1. The van der Waals surface area contributed by atoms with Crippen LogP contribution in [-0.2, 0) is 11.3 Å². The van der Waals surface area contributed by atoms with Gasteiger partial charge in [-0.2, -0.15) is 0 Å². The highest BCUT2D eigenvalue weighted by Gasteiger charge is 2.30. The number of anilines is 1. The van der Waals surface area contributed by atoms with E-state index >= 15 is 0 Å². The molecule has 2 aliphatic rings. The van der Waals surface area contributed by atoms with Gasteiger partial charge in [0, 0.05) is 6.07 Å². The minimum atomic E-state index is -0.227. The highest BCUT2D eigenvalue weighted by Crippen LogP contribution is 2.18. The second kappa shape index (κ2) is 10.1. The van der Waals surface area contributed by atoms with Crippen LogP contribution >= 0.6 is 0 Å². The Morgan fingerprint density at radius 1 is 1.06 bits per heavy atom. The minimum Gasteiger partial charge on any atom is -0.496 e. The Kier molecular flexibility index (Phi) is 6.99. The fraction of sp³-hybridized carbons (Fsp3) is 0.478. The number of nitrogens with zero attached hydrogens (tertiary/aromatic N) is 2. The predicted molar refractivity (Wildman–Crippen MR) is 115 cm³/mol. The first kappa shape index (κ1) is 21.5. The van der Waals surface area contributed by atoms with Crippen LogP contribution in [0, 0.1) is 5.82 Å². The van der Waals surface area contributed by atoms with Crippen LogP contribution in [0.15, 0.2) is 42.6 Å². The van der Waals surface area contributed by atoms with E-state index in [9.17, 15) is 9.18 Å². The van der Waals surface area contributed by atoms with Crippen LogP contribution in [0.3, 0.4) is 0 Å². The Labute approximate surface area is 183 Å². The molecule has 166 valence electrons. The van der Waals surface area contributed by atoms with Crippen LogP contribution in [-0.4, -0.2) is 76.8 Å². The normalized spacial score (nSPS) is 21.7. The summed E-state index contributed by atoms with van der Waals surface area (Å²) in [7, 11) is 1.62. The number of hydrogen-bond acceptors (Lipinski definition) is 3. The third kappa shape index (κ3) is 5.51. The summed E-state index contributed by atoms with van der Waals surface area (Å²) in [4.78, 5) is 23.1. The van der Waals surface area contributed by atoms with Crippen molar-refractivity contribution in [1.29, 1.82) is 0 Å². The van der Waals surface area contributed by atoms with E-state index in [1.807, 2.05) is 23.2 Å². The van der Waals surface area contributed by atoms with Gasteiger partial charge in [0.05, 0.1) is 32.0 Å². The lowest BCUT2D eigenvalue weighted by Gasteiger charge is -2.33. The number of methoxy groups -OCH3 is 1. The van der Waals surface area contributed by atoms with Gasteiger partial charge < -0.3 is 19.4 Å². The van der Waals surface area contributed by atoms with Crippen molar-refractivity contribution in [1.82, 2.24) is 4.90 Å². The van der Waals surface area contributed by atoms with Crippen molar-refractivity contribution in [3.63, 3.8) is 0 Å². The van der Waals surface area contributed by atoms with E-state index in [0.29, 0.717) is 6.54 Å². The molecular weight excluding hydrogens is 397 g/mol. The number of rotatable bonds is 6. The van der Waals surface area contributed by atoms with E-state index < -0.39 is 0 Å². The number of aromatic nitrogens is 1. The van der Waals surface area contributed by atoms with Crippen molar-refractivity contribution in [2.24, 2.45) is 0 Å². The maximum absolute atomic E-state index is 13.6. The molecule has 4 rings (SSSR count). The molecule has 3 N–H and O–H groups in total. The van der Waals surface area contributed by atoms with Gasteiger partial charge in [0.2, 0.25) is 0 Å². The van der Waals surface area contributed by atoms with Crippen LogP contribution < -0.4 is 24.4 Å². The molecule has 2 fully saturated rings. The molecular formula is C23H33FN5O2+3. The first-order valence-electron chi connectivity index (χ1n) is 11.1. The molecule has 0 bridgehead atoms. The number of piperazine rings is 2. The number of pyridine rings is 1. The first-order chi connectivity index (χ1) is 15.1. The van der Waals surface area contributed by atoms with Gasteiger partial charge in [-0.15, -0.1) is 0 Å². The van der Waals surface area contributed by atoms with Crippen molar-refractivity contribution in [3.05, 3.63) is 54.0 Å². The second-order valence-electron chi connectivity index (χ2n) is 8.43. The lowest BCUT2D eigenvalue weighted by Crippen LogP contribution is -3.28. The zero-order valence-electron chi connectivity index (χ0n) is 18.2.